The van der Waals surface area contributed by atoms with Crippen LogP contribution in [0.5, 0.6) is 0 Å². The largest absolute Gasteiger partial charge is 0.444 e. The van der Waals surface area contributed by atoms with Gasteiger partial charge in [-0.25, -0.2) is 4.79 Å². The number of H-pyrrole nitrogens is 1. The van der Waals surface area contributed by atoms with Crippen molar-refractivity contribution in [2.75, 3.05) is 5.32 Å². The van der Waals surface area contributed by atoms with Crippen LogP contribution in [0.4, 0.5) is 10.6 Å². The number of carbonyl (C=O) groups is 1. The second-order valence-corrected chi connectivity index (χ2v) is 4.02. The molecule has 0 unspecified atom stereocenters. The minimum Gasteiger partial charge on any atom is -0.444 e. The first-order valence-corrected chi connectivity index (χ1v) is 5.76. The van der Waals surface area contributed by atoms with E-state index in [4.69, 9.17) is 10.00 Å². The molecule has 96 valence electrons. The molecule has 0 saturated heterocycles. The first-order chi connectivity index (χ1) is 9.20. The number of hydrogen-bond donors (Lipinski definition) is 2. The normalized spacial score (nSPS) is 9.68. The van der Waals surface area contributed by atoms with Gasteiger partial charge in [0.05, 0.1) is 5.56 Å². The fraction of sp³-hybridized carbons (Fsp3) is 0.143. The number of nitrogens with zero attached hydrogens (tertiary/aromatic N) is 1. The van der Waals surface area contributed by atoms with E-state index in [9.17, 15) is 4.79 Å². The molecule has 0 aliphatic rings. The van der Waals surface area contributed by atoms with Gasteiger partial charge in [-0.15, -0.1) is 0 Å². The average Bonchev–Trinajstić information content (AvgIpc) is 2.78. The van der Waals surface area contributed by atoms with Gasteiger partial charge >= 0.3 is 6.09 Å². The lowest BCUT2D eigenvalue weighted by atomic mass is 10.2. The van der Waals surface area contributed by atoms with Gasteiger partial charge in [-0.1, -0.05) is 30.3 Å². The zero-order valence-electron chi connectivity index (χ0n) is 10.4. The molecule has 1 aromatic carbocycles. The summed E-state index contributed by atoms with van der Waals surface area (Å²) < 4.78 is 5.06. The average molecular weight is 255 g/mol. The summed E-state index contributed by atoms with van der Waals surface area (Å²) in [5.41, 5.74) is 2.10. The van der Waals surface area contributed by atoms with Crippen molar-refractivity contribution in [2.24, 2.45) is 0 Å². The van der Waals surface area contributed by atoms with E-state index in [0.717, 1.165) is 11.1 Å². The lowest BCUT2D eigenvalue weighted by Gasteiger charge is -2.06. The summed E-state index contributed by atoms with van der Waals surface area (Å²) in [5, 5.41) is 11.5. The first kappa shape index (κ1) is 12.7. The Morgan fingerprint density at radius 2 is 2.16 bits per heavy atom. The Hall–Kier alpha value is -2.74. The third-order valence-electron chi connectivity index (χ3n) is 2.63. The van der Waals surface area contributed by atoms with Crippen molar-refractivity contribution in [3.05, 3.63) is 53.2 Å². The molecule has 0 spiro atoms. The number of anilines is 1. The molecular weight excluding hydrogens is 242 g/mol. The molecule has 19 heavy (non-hydrogen) atoms. The second-order valence-electron chi connectivity index (χ2n) is 4.02. The van der Waals surface area contributed by atoms with E-state index >= 15 is 0 Å². The highest BCUT2D eigenvalue weighted by Gasteiger charge is 2.11. The highest BCUT2D eigenvalue weighted by Crippen LogP contribution is 2.17. The minimum absolute atomic E-state index is 0.189. The Morgan fingerprint density at radius 1 is 1.42 bits per heavy atom. The Labute approximate surface area is 110 Å². The zero-order chi connectivity index (χ0) is 13.7. The van der Waals surface area contributed by atoms with Crippen LogP contribution in [0.3, 0.4) is 0 Å². The maximum Gasteiger partial charge on any atom is 0.413 e. The van der Waals surface area contributed by atoms with Crippen LogP contribution in [-0.4, -0.2) is 11.1 Å². The van der Waals surface area contributed by atoms with Gasteiger partial charge < -0.3 is 9.72 Å². The second kappa shape index (κ2) is 5.74. The van der Waals surface area contributed by atoms with Gasteiger partial charge in [-0.3, -0.25) is 5.32 Å². The van der Waals surface area contributed by atoms with Crippen molar-refractivity contribution in [3.8, 4) is 6.07 Å². The topological polar surface area (TPSA) is 77.9 Å². The molecule has 2 aromatic rings. The van der Waals surface area contributed by atoms with Crippen molar-refractivity contribution in [3.63, 3.8) is 0 Å². The number of nitrogens with one attached hydrogen (secondary N) is 2. The number of hydrogen-bond acceptors (Lipinski definition) is 3. The van der Waals surface area contributed by atoms with Gasteiger partial charge in [-0.05, 0) is 18.1 Å². The van der Waals surface area contributed by atoms with Crippen LogP contribution in [0.2, 0.25) is 0 Å². The molecular formula is C14H13N3O2. The van der Waals surface area contributed by atoms with E-state index in [2.05, 4.69) is 10.3 Å². The van der Waals surface area contributed by atoms with Crippen LogP contribution < -0.4 is 5.32 Å². The molecule has 0 bridgehead atoms. The molecule has 0 aliphatic carbocycles. The number of nitriles is 1. The summed E-state index contributed by atoms with van der Waals surface area (Å²) in [6.45, 7) is 1.98. The van der Waals surface area contributed by atoms with E-state index < -0.39 is 6.09 Å². The Balaban J connectivity index is 1.93. The molecule has 5 nitrogen and oxygen atoms in total. The van der Waals surface area contributed by atoms with Crippen molar-refractivity contribution >= 4 is 11.9 Å². The van der Waals surface area contributed by atoms with E-state index in [1.807, 2.05) is 36.4 Å². The van der Waals surface area contributed by atoms with Gasteiger partial charge in [-0.2, -0.15) is 5.26 Å². The van der Waals surface area contributed by atoms with Crippen molar-refractivity contribution in [2.45, 2.75) is 13.5 Å². The van der Waals surface area contributed by atoms with Crippen molar-refractivity contribution in [1.82, 2.24) is 4.98 Å². The van der Waals surface area contributed by atoms with Gasteiger partial charge in [0.2, 0.25) is 0 Å². The predicted molar refractivity (Wildman–Crippen MR) is 70.5 cm³/mol. The fourth-order valence-electron chi connectivity index (χ4n) is 1.63. The summed E-state index contributed by atoms with van der Waals surface area (Å²) in [6.07, 6.45) is 1.06. The Kier molecular flexibility index (Phi) is 3.84. The van der Waals surface area contributed by atoms with Crippen LogP contribution >= 0.6 is 0 Å². The molecule has 2 N–H and O–H groups in total. The molecule has 1 aromatic heterocycles. The predicted octanol–water partition coefficient (Wildman–Crippen LogP) is 2.94. The quantitative estimate of drug-likeness (QED) is 0.885. The maximum atomic E-state index is 11.6. The summed E-state index contributed by atoms with van der Waals surface area (Å²) in [6, 6.07) is 11.4. The molecule has 1 heterocycles. The van der Waals surface area contributed by atoms with E-state index in [-0.39, 0.29) is 6.61 Å². The van der Waals surface area contributed by atoms with Crippen LogP contribution in [0.1, 0.15) is 16.7 Å². The number of amides is 1. The van der Waals surface area contributed by atoms with Crippen LogP contribution in [0, 0.1) is 18.3 Å². The number of benzene rings is 1. The third kappa shape index (κ3) is 3.13. The molecule has 0 atom stereocenters. The monoisotopic (exact) mass is 255 g/mol. The standard InChI is InChI=1S/C14H13N3O2/c1-10-8-16-13(12(10)7-15)17-14(18)19-9-11-5-3-2-4-6-11/h2-6,8,16H,9H2,1H3,(H,17,18). The molecule has 2 rings (SSSR count). The summed E-state index contributed by atoms with van der Waals surface area (Å²) in [5.74, 6) is 0.359. The Bertz CT molecular complexity index is 611. The molecule has 1 amide bonds. The number of ether oxygens (including phenoxy) is 1. The fourth-order valence-corrected chi connectivity index (χ4v) is 1.63. The van der Waals surface area contributed by atoms with Crippen molar-refractivity contribution in [1.29, 1.82) is 5.26 Å². The number of rotatable bonds is 3. The van der Waals surface area contributed by atoms with Crippen LogP contribution in [0.25, 0.3) is 0 Å². The smallest absolute Gasteiger partial charge is 0.413 e. The third-order valence-corrected chi connectivity index (χ3v) is 2.63. The van der Waals surface area contributed by atoms with E-state index in [1.165, 1.54) is 0 Å². The molecule has 0 radical (unpaired) electrons. The maximum absolute atomic E-state index is 11.6. The van der Waals surface area contributed by atoms with E-state index in [0.29, 0.717) is 11.4 Å². The number of aryl methyl sites for hydroxylation is 1. The van der Waals surface area contributed by atoms with Gasteiger partial charge in [0.1, 0.15) is 18.5 Å². The number of aromatic amines is 1. The van der Waals surface area contributed by atoms with E-state index in [1.54, 1.807) is 13.1 Å². The lowest BCUT2D eigenvalue weighted by Crippen LogP contribution is -2.14. The zero-order valence-corrected chi connectivity index (χ0v) is 10.4. The minimum atomic E-state index is -0.595. The number of aromatic nitrogens is 1. The summed E-state index contributed by atoms with van der Waals surface area (Å²) in [4.78, 5) is 14.4. The SMILES string of the molecule is Cc1c[nH]c(NC(=O)OCc2ccccc2)c1C#N. The molecule has 0 aliphatic heterocycles. The highest BCUT2D eigenvalue weighted by molar-refractivity contribution is 5.85. The first-order valence-electron chi connectivity index (χ1n) is 5.76. The molecule has 0 fully saturated rings. The van der Waals surface area contributed by atoms with Gasteiger partial charge in [0.25, 0.3) is 0 Å². The Morgan fingerprint density at radius 3 is 2.84 bits per heavy atom. The lowest BCUT2D eigenvalue weighted by molar-refractivity contribution is 0.155. The summed E-state index contributed by atoms with van der Waals surface area (Å²) >= 11 is 0. The highest BCUT2D eigenvalue weighted by atomic mass is 16.5. The number of carbonyl (C=O) groups excluding carboxylic acids is 1. The summed E-state index contributed by atoms with van der Waals surface area (Å²) in [7, 11) is 0. The van der Waals surface area contributed by atoms with Crippen LogP contribution in [0.15, 0.2) is 36.5 Å². The van der Waals surface area contributed by atoms with Gasteiger partial charge in [0, 0.05) is 6.20 Å². The van der Waals surface area contributed by atoms with Gasteiger partial charge in [0.15, 0.2) is 0 Å². The van der Waals surface area contributed by atoms with Crippen molar-refractivity contribution < 1.29 is 9.53 Å². The molecule has 5 heteroatoms. The van der Waals surface area contributed by atoms with Crippen LogP contribution in [-0.2, 0) is 11.3 Å². The molecule has 0 saturated carbocycles.